The molecule has 0 aromatic heterocycles. The molecule has 0 aliphatic heterocycles. The van der Waals surface area contributed by atoms with Gasteiger partial charge in [-0.05, 0) is 36.8 Å². The largest absolute Gasteiger partial charge is 0.372 e. The first-order chi connectivity index (χ1) is 11.4. The van der Waals surface area contributed by atoms with Crippen LogP contribution in [0, 0.1) is 0 Å². The minimum Gasteiger partial charge on any atom is -0.372 e. The fraction of sp³-hybridized carbons (Fsp3) is 0.222. The van der Waals surface area contributed by atoms with Crippen molar-refractivity contribution in [3.8, 4) is 0 Å². The van der Waals surface area contributed by atoms with Crippen LogP contribution in [0.1, 0.15) is 12.5 Å². The summed E-state index contributed by atoms with van der Waals surface area (Å²) < 4.78 is 5.52. The number of rotatable bonds is 5. The number of carbonyl (C=O) groups excluding carboxylic acids is 2. The molecular weight excluding hydrogens is 328 g/mol. The Hall–Kier alpha value is -2.37. The van der Waals surface area contributed by atoms with Gasteiger partial charge in [-0.3, -0.25) is 9.59 Å². The van der Waals surface area contributed by atoms with Gasteiger partial charge in [-0.1, -0.05) is 41.9 Å². The molecule has 0 radical (unpaired) electrons. The van der Waals surface area contributed by atoms with Gasteiger partial charge in [0.2, 0.25) is 0 Å². The number of nitrogens with one attached hydrogen (secondary N) is 2. The number of amides is 2. The molecule has 0 unspecified atom stereocenters. The van der Waals surface area contributed by atoms with E-state index < -0.39 is 17.4 Å². The minimum atomic E-state index is -0.798. The number of halogens is 1. The van der Waals surface area contributed by atoms with Crippen molar-refractivity contribution < 1.29 is 14.3 Å². The summed E-state index contributed by atoms with van der Waals surface area (Å²) in [6, 6.07) is 16.0. The van der Waals surface area contributed by atoms with Crippen LogP contribution in [0.5, 0.6) is 0 Å². The molecule has 0 spiro atoms. The Kier molecular flexibility index (Phi) is 5.95. The zero-order chi connectivity index (χ0) is 17.6. The maximum absolute atomic E-state index is 12.0. The minimum absolute atomic E-state index is 0.130. The lowest BCUT2D eigenvalue weighted by Gasteiger charge is -2.29. The molecule has 0 saturated carbocycles. The van der Waals surface area contributed by atoms with Gasteiger partial charge >= 0.3 is 11.8 Å². The average molecular weight is 347 g/mol. The van der Waals surface area contributed by atoms with Gasteiger partial charge in [-0.25, -0.2) is 0 Å². The second-order valence-corrected chi connectivity index (χ2v) is 5.88. The van der Waals surface area contributed by atoms with E-state index in [1.807, 2.05) is 19.1 Å². The van der Waals surface area contributed by atoms with E-state index in [0.29, 0.717) is 10.7 Å². The summed E-state index contributed by atoms with van der Waals surface area (Å²) >= 11 is 6.00. The molecule has 2 amide bonds. The molecule has 0 saturated heterocycles. The number of carbonyl (C=O) groups is 2. The first kappa shape index (κ1) is 18.0. The molecule has 0 aliphatic carbocycles. The van der Waals surface area contributed by atoms with E-state index >= 15 is 0 Å². The van der Waals surface area contributed by atoms with Gasteiger partial charge in [-0.15, -0.1) is 0 Å². The van der Waals surface area contributed by atoms with E-state index in [2.05, 4.69) is 10.6 Å². The lowest BCUT2D eigenvalue weighted by Crippen LogP contribution is -2.44. The van der Waals surface area contributed by atoms with E-state index in [4.69, 9.17) is 16.3 Å². The summed E-state index contributed by atoms with van der Waals surface area (Å²) in [6.45, 7) is 1.94. The first-order valence-corrected chi connectivity index (χ1v) is 7.78. The van der Waals surface area contributed by atoms with Crippen LogP contribution in [-0.2, 0) is 19.9 Å². The number of ether oxygens (including phenoxy) is 1. The maximum atomic E-state index is 12.0. The van der Waals surface area contributed by atoms with Crippen molar-refractivity contribution in [3.63, 3.8) is 0 Å². The van der Waals surface area contributed by atoms with Gasteiger partial charge in [0.25, 0.3) is 0 Å². The Labute approximate surface area is 146 Å². The molecule has 1 atom stereocenters. The van der Waals surface area contributed by atoms with Crippen LogP contribution < -0.4 is 10.6 Å². The van der Waals surface area contributed by atoms with Crippen LogP contribution in [0.25, 0.3) is 0 Å². The van der Waals surface area contributed by atoms with E-state index in [0.717, 1.165) is 5.56 Å². The topological polar surface area (TPSA) is 67.4 Å². The summed E-state index contributed by atoms with van der Waals surface area (Å²) in [7, 11) is 1.54. The Balaban J connectivity index is 1.99. The fourth-order valence-electron chi connectivity index (χ4n) is 2.15. The Bertz CT molecular complexity index is 721. The lowest BCUT2D eigenvalue weighted by molar-refractivity contribution is -0.137. The van der Waals surface area contributed by atoms with Crippen molar-refractivity contribution >= 4 is 29.1 Å². The molecule has 2 rings (SSSR count). The molecule has 0 aliphatic rings. The van der Waals surface area contributed by atoms with Crippen LogP contribution in [0.2, 0.25) is 5.02 Å². The van der Waals surface area contributed by atoms with Crippen molar-refractivity contribution in [1.82, 2.24) is 5.32 Å². The second-order valence-electron chi connectivity index (χ2n) is 5.45. The number of hydrogen-bond donors (Lipinski definition) is 2. The van der Waals surface area contributed by atoms with Gasteiger partial charge in [0, 0.05) is 17.8 Å². The van der Waals surface area contributed by atoms with E-state index in [9.17, 15) is 9.59 Å². The molecule has 2 aromatic carbocycles. The third-order valence-electron chi connectivity index (χ3n) is 3.71. The van der Waals surface area contributed by atoms with Gasteiger partial charge < -0.3 is 15.4 Å². The summed E-state index contributed by atoms with van der Waals surface area (Å²) in [4.78, 5) is 23.9. The smallest absolute Gasteiger partial charge is 0.313 e. The standard InChI is InChI=1S/C18H19ClN2O3/c1-18(24-2,13-7-6-8-14(19)11-13)12-20-16(22)17(23)21-15-9-4-3-5-10-15/h3-11H,12H2,1-2H3,(H,20,22)(H,21,23)/t18-/m0/s1. The van der Waals surface area contributed by atoms with Crippen LogP contribution >= 0.6 is 11.6 Å². The number of anilines is 1. The normalized spacial score (nSPS) is 13.0. The zero-order valence-electron chi connectivity index (χ0n) is 13.5. The van der Waals surface area contributed by atoms with E-state index in [1.165, 1.54) is 7.11 Å². The number of methoxy groups -OCH3 is 1. The first-order valence-electron chi connectivity index (χ1n) is 7.40. The van der Waals surface area contributed by atoms with Crippen molar-refractivity contribution in [3.05, 3.63) is 65.2 Å². The predicted octanol–water partition coefficient (Wildman–Crippen LogP) is 2.96. The molecule has 0 fully saturated rings. The Morgan fingerprint density at radius 3 is 2.42 bits per heavy atom. The third-order valence-corrected chi connectivity index (χ3v) is 3.95. The average Bonchev–Trinajstić information content (AvgIpc) is 2.60. The highest BCUT2D eigenvalue weighted by Gasteiger charge is 2.28. The summed E-state index contributed by atoms with van der Waals surface area (Å²) in [6.07, 6.45) is 0. The monoisotopic (exact) mass is 346 g/mol. The Morgan fingerprint density at radius 1 is 1.08 bits per heavy atom. The summed E-state index contributed by atoms with van der Waals surface area (Å²) in [5.74, 6) is -1.46. The molecule has 5 nitrogen and oxygen atoms in total. The molecule has 6 heteroatoms. The molecule has 0 bridgehead atoms. The van der Waals surface area contributed by atoms with Crippen LogP contribution in [0.15, 0.2) is 54.6 Å². The van der Waals surface area contributed by atoms with Crippen molar-refractivity contribution in [2.24, 2.45) is 0 Å². The molecule has 0 heterocycles. The highest BCUT2D eigenvalue weighted by Crippen LogP contribution is 2.26. The maximum Gasteiger partial charge on any atom is 0.313 e. The highest BCUT2D eigenvalue weighted by atomic mass is 35.5. The predicted molar refractivity (Wildman–Crippen MR) is 93.9 cm³/mol. The zero-order valence-corrected chi connectivity index (χ0v) is 14.3. The van der Waals surface area contributed by atoms with Crippen LogP contribution in [-0.4, -0.2) is 25.5 Å². The highest BCUT2D eigenvalue weighted by molar-refractivity contribution is 6.39. The van der Waals surface area contributed by atoms with E-state index in [1.54, 1.807) is 42.5 Å². The summed E-state index contributed by atoms with van der Waals surface area (Å²) in [5.41, 5.74) is 0.566. The van der Waals surface area contributed by atoms with Crippen LogP contribution in [0.4, 0.5) is 5.69 Å². The molecule has 2 N–H and O–H groups in total. The lowest BCUT2D eigenvalue weighted by atomic mass is 9.95. The summed E-state index contributed by atoms with van der Waals surface area (Å²) in [5, 5.41) is 5.70. The van der Waals surface area contributed by atoms with E-state index in [-0.39, 0.29) is 6.54 Å². The van der Waals surface area contributed by atoms with Gasteiger partial charge in [0.05, 0.1) is 6.54 Å². The molecule has 24 heavy (non-hydrogen) atoms. The number of hydrogen-bond acceptors (Lipinski definition) is 3. The SMILES string of the molecule is CO[C@@](C)(CNC(=O)C(=O)Nc1ccccc1)c1cccc(Cl)c1. The van der Waals surface area contributed by atoms with Crippen molar-refractivity contribution in [1.29, 1.82) is 0 Å². The second kappa shape index (κ2) is 7.95. The van der Waals surface area contributed by atoms with Crippen molar-refractivity contribution in [2.75, 3.05) is 19.0 Å². The van der Waals surface area contributed by atoms with Crippen LogP contribution in [0.3, 0.4) is 0 Å². The molecular formula is C18H19ClN2O3. The van der Waals surface area contributed by atoms with Gasteiger partial charge in [-0.2, -0.15) is 0 Å². The molecule has 126 valence electrons. The van der Waals surface area contributed by atoms with Crippen molar-refractivity contribution in [2.45, 2.75) is 12.5 Å². The van der Waals surface area contributed by atoms with Gasteiger partial charge in [0.15, 0.2) is 0 Å². The number of para-hydroxylation sites is 1. The third kappa shape index (κ3) is 4.57. The quantitative estimate of drug-likeness (QED) is 0.818. The van der Waals surface area contributed by atoms with Gasteiger partial charge in [0.1, 0.15) is 5.60 Å². The number of benzene rings is 2. The Morgan fingerprint density at radius 2 is 1.79 bits per heavy atom. The fourth-order valence-corrected chi connectivity index (χ4v) is 2.34. The molecule has 2 aromatic rings.